The van der Waals surface area contributed by atoms with E-state index in [-0.39, 0.29) is 11.4 Å². The fraction of sp³-hybridized carbons (Fsp3) is 0.133. The lowest BCUT2D eigenvalue weighted by molar-refractivity contribution is -0.384. The lowest BCUT2D eigenvalue weighted by atomic mass is 10.2. The first-order valence-electron chi connectivity index (χ1n) is 6.69. The highest BCUT2D eigenvalue weighted by Gasteiger charge is 2.17. The molecule has 0 unspecified atom stereocenters. The summed E-state index contributed by atoms with van der Waals surface area (Å²) in [5.74, 6) is 0.456. The van der Waals surface area contributed by atoms with E-state index < -0.39 is 10.8 Å². The number of hydrazine groups is 1. The predicted molar refractivity (Wildman–Crippen MR) is 96.4 cm³/mol. The van der Waals surface area contributed by atoms with Crippen molar-refractivity contribution in [3.05, 3.63) is 55.6 Å². The number of nitrogens with zero attached hydrogens (tertiary/aromatic N) is 1. The van der Waals surface area contributed by atoms with Gasteiger partial charge in [-0.05, 0) is 40.8 Å². The summed E-state index contributed by atoms with van der Waals surface area (Å²) in [7, 11) is 2.97. The van der Waals surface area contributed by atoms with Gasteiger partial charge >= 0.3 is 0 Å². The summed E-state index contributed by atoms with van der Waals surface area (Å²) >= 11 is 2.00. The molecule has 0 spiro atoms. The van der Waals surface area contributed by atoms with Gasteiger partial charge in [-0.3, -0.25) is 25.8 Å². The molecule has 0 aliphatic carbocycles. The van der Waals surface area contributed by atoms with E-state index in [0.29, 0.717) is 20.6 Å². The van der Waals surface area contributed by atoms with Gasteiger partial charge < -0.3 is 9.47 Å². The van der Waals surface area contributed by atoms with Crippen molar-refractivity contribution in [3.63, 3.8) is 0 Å². The van der Waals surface area contributed by atoms with Gasteiger partial charge in [-0.15, -0.1) is 0 Å². The lowest BCUT2D eigenvalue weighted by Gasteiger charge is -2.13. The zero-order valence-corrected chi connectivity index (χ0v) is 15.0. The van der Waals surface area contributed by atoms with E-state index in [1.807, 2.05) is 22.6 Å². The number of anilines is 1. The maximum atomic E-state index is 12.3. The molecule has 0 aliphatic heterocycles. The molecular weight excluding hydrogens is 429 g/mol. The van der Waals surface area contributed by atoms with Gasteiger partial charge in [-0.25, -0.2) is 0 Å². The summed E-state index contributed by atoms with van der Waals surface area (Å²) in [6, 6.07) is 9.22. The second kappa shape index (κ2) is 7.81. The number of rotatable bonds is 6. The fourth-order valence-electron chi connectivity index (χ4n) is 1.96. The van der Waals surface area contributed by atoms with Crippen molar-refractivity contribution in [2.75, 3.05) is 19.6 Å². The minimum absolute atomic E-state index is 0.139. The summed E-state index contributed by atoms with van der Waals surface area (Å²) < 4.78 is 11.0. The Morgan fingerprint density at radius 1 is 1.17 bits per heavy atom. The van der Waals surface area contributed by atoms with Crippen LogP contribution in [0.2, 0.25) is 0 Å². The van der Waals surface area contributed by atoms with E-state index in [1.165, 1.54) is 32.4 Å². The van der Waals surface area contributed by atoms with Crippen LogP contribution in [0.25, 0.3) is 0 Å². The number of carbonyl (C=O) groups excluding carboxylic acids is 1. The Labute approximate surface area is 151 Å². The molecule has 2 aromatic carbocycles. The van der Waals surface area contributed by atoms with E-state index in [0.717, 1.165) is 0 Å². The van der Waals surface area contributed by atoms with Crippen molar-refractivity contribution in [1.29, 1.82) is 0 Å². The van der Waals surface area contributed by atoms with Crippen molar-refractivity contribution in [3.8, 4) is 11.5 Å². The molecule has 2 rings (SSSR count). The fourth-order valence-corrected chi connectivity index (χ4v) is 2.64. The molecule has 24 heavy (non-hydrogen) atoms. The van der Waals surface area contributed by atoms with Crippen LogP contribution in [-0.2, 0) is 0 Å². The van der Waals surface area contributed by atoms with E-state index in [2.05, 4.69) is 10.9 Å². The van der Waals surface area contributed by atoms with Crippen molar-refractivity contribution in [2.45, 2.75) is 0 Å². The number of halogens is 1. The molecule has 0 aliphatic rings. The molecule has 9 heteroatoms. The molecule has 8 nitrogen and oxygen atoms in total. The third kappa shape index (κ3) is 3.85. The summed E-state index contributed by atoms with van der Waals surface area (Å²) in [5, 5.41) is 11.0. The van der Waals surface area contributed by atoms with E-state index in [9.17, 15) is 14.9 Å². The molecule has 0 radical (unpaired) electrons. The highest BCUT2D eigenvalue weighted by molar-refractivity contribution is 14.1. The largest absolute Gasteiger partial charge is 0.493 e. The molecule has 2 aromatic rings. The molecule has 126 valence electrons. The quantitative estimate of drug-likeness (QED) is 0.405. The van der Waals surface area contributed by atoms with Gasteiger partial charge in [0.25, 0.3) is 11.6 Å². The molecule has 1 amide bonds. The van der Waals surface area contributed by atoms with Gasteiger partial charge in [0.05, 0.1) is 24.7 Å². The number of amides is 1. The monoisotopic (exact) mass is 443 g/mol. The Morgan fingerprint density at radius 3 is 2.42 bits per heavy atom. The topological polar surface area (TPSA) is 103 Å². The van der Waals surface area contributed by atoms with Crippen molar-refractivity contribution in [1.82, 2.24) is 5.43 Å². The third-order valence-electron chi connectivity index (χ3n) is 3.13. The van der Waals surface area contributed by atoms with Gasteiger partial charge in [0.1, 0.15) is 5.69 Å². The molecule has 0 saturated carbocycles. The lowest BCUT2D eigenvalue weighted by Crippen LogP contribution is -2.30. The Bertz CT molecular complexity index is 782. The van der Waals surface area contributed by atoms with Crippen LogP contribution in [0, 0.1) is 13.7 Å². The number of nitro benzene ring substituents is 1. The molecule has 0 heterocycles. The number of hydrogen-bond acceptors (Lipinski definition) is 6. The van der Waals surface area contributed by atoms with Crippen molar-refractivity contribution in [2.24, 2.45) is 0 Å². The maximum absolute atomic E-state index is 12.3. The number of benzene rings is 2. The van der Waals surface area contributed by atoms with Gasteiger partial charge in [0, 0.05) is 9.64 Å². The van der Waals surface area contributed by atoms with Crippen LogP contribution in [0.1, 0.15) is 10.4 Å². The molecule has 0 saturated heterocycles. The van der Waals surface area contributed by atoms with Gasteiger partial charge in [-0.1, -0.05) is 12.1 Å². The average Bonchev–Trinajstić information content (AvgIpc) is 2.59. The number of nitrogens with one attached hydrogen (secondary N) is 2. The molecule has 0 aromatic heterocycles. The van der Waals surface area contributed by atoms with Crippen LogP contribution in [-0.4, -0.2) is 25.1 Å². The van der Waals surface area contributed by atoms with Crippen molar-refractivity contribution < 1.29 is 19.2 Å². The number of ether oxygens (including phenoxy) is 2. The minimum Gasteiger partial charge on any atom is -0.493 e. The second-order valence-electron chi connectivity index (χ2n) is 4.54. The van der Waals surface area contributed by atoms with E-state index in [4.69, 9.17) is 9.47 Å². The van der Waals surface area contributed by atoms with Crippen LogP contribution in [0.3, 0.4) is 0 Å². The van der Waals surface area contributed by atoms with Gasteiger partial charge in [-0.2, -0.15) is 0 Å². The predicted octanol–water partition coefficient (Wildman–Crippen LogP) is 2.97. The highest BCUT2D eigenvalue weighted by Crippen LogP contribution is 2.31. The smallest absolute Gasteiger partial charge is 0.294 e. The van der Waals surface area contributed by atoms with Crippen LogP contribution in [0.15, 0.2) is 36.4 Å². The van der Waals surface area contributed by atoms with Crippen LogP contribution >= 0.6 is 22.6 Å². The zero-order valence-electron chi connectivity index (χ0n) is 12.8. The maximum Gasteiger partial charge on any atom is 0.294 e. The molecule has 2 N–H and O–H groups in total. The first-order chi connectivity index (χ1) is 11.5. The Balaban J connectivity index is 2.21. The first kappa shape index (κ1) is 17.8. The summed E-state index contributed by atoms with van der Waals surface area (Å²) in [5.41, 5.74) is 5.41. The minimum atomic E-state index is -0.533. The number of hydrogen-bond donors (Lipinski definition) is 2. The normalized spacial score (nSPS) is 9.96. The summed E-state index contributed by atoms with van der Waals surface area (Å²) in [4.78, 5) is 22.8. The van der Waals surface area contributed by atoms with Crippen LogP contribution in [0.5, 0.6) is 11.5 Å². The molecule has 0 bridgehead atoms. The van der Waals surface area contributed by atoms with Crippen LogP contribution < -0.4 is 20.3 Å². The van der Waals surface area contributed by atoms with Gasteiger partial charge in [0.15, 0.2) is 11.5 Å². The Hall–Kier alpha value is -2.56. The van der Waals surface area contributed by atoms with Crippen LogP contribution in [0.4, 0.5) is 11.4 Å². The van der Waals surface area contributed by atoms with Crippen molar-refractivity contribution >= 4 is 39.9 Å². The molecule has 0 atom stereocenters. The van der Waals surface area contributed by atoms with E-state index >= 15 is 0 Å². The molecular formula is C15H14IN3O5. The Kier molecular flexibility index (Phi) is 5.79. The SMILES string of the molecule is COc1cc(I)c(C(=O)NNc2ccccc2[N+](=O)[O-])cc1OC. The number of carbonyl (C=O) groups is 1. The Morgan fingerprint density at radius 2 is 1.79 bits per heavy atom. The number of methoxy groups -OCH3 is 2. The van der Waals surface area contributed by atoms with Gasteiger partial charge in [0.2, 0.25) is 0 Å². The number of para-hydroxylation sites is 2. The standard InChI is InChI=1S/C15H14IN3O5/c1-23-13-7-9(10(16)8-14(13)24-2)15(20)18-17-11-5-3-4-6-12(11)19(21)22/h3-8,17H,1-2H3,(H,18,20). The zero-order chi connectivity index (χ0) is 17.7. The summed E-state index contributed by atoms with van der Waals surface area (Å²) in [6.45, 7) is 0. The molecule has 0 fully saturated rings. The van der Waals surface area contributed by atoms with E-state index in [1.54, 1.807) is 18.2 Å². The third-order valence-corrected chi connectivity index (χ3v) is 4.02. The summed E-state index contributed by atoms with van der Waals surface area (Å²) in [6.07, 6.45) is 0. The highest BCUT2D eigenvalue weighted by atomic mass is 127. The number of nitro groups is 1. The first-order valence-corrected chi connectivity index (χ1v) is 7.77. The second-order valence-corrected chi connectivity index (χ2v) is 5.70. The average molecular weight is 443 g/mol.